The standard InChI is InChI=1S/C20H20N4O3S/c1-13-16(20(26)27)8-5-9-23(13)19(25)17-12-28-18(22-17)14-10-21-24(11-14)15-6-3-2-4-7-15/h2-4,6-7,10-13,16H,5,8-9H2,1H3,(H,26,27)/t13-,16-/m1/s1. The number of rotatable bonds is 4. The first kappa shape index (κ1) is 18.4. The third kappa shape index (κ3) is 3.43. The molecule has 1 aliphatic rings. The molecule has 1 saturated heterocycles. The molecule has 28 heavy (non-hydrogen) atoms. The second-order valence-electron chi connectivity index (χ2n) is 6.87. The van der Waals surface area contributed by atoms with E-state index in [4.69, 9.17) is 0 Å². The number of amides is 1. The highest BCUT2D eigenvalue weighted by Gasteiger charge is 2.36. The van der Waals surface area contributed by atoms with Gasteiger partial charge >= 0.3 is 5.97 Å². The number of hydrogen-bond acceptors (Lipinski definition) is 5. The Kier molecular flexibility index (Phi) is 4.95. The number of aliphatic carboxylic acids is 1. The van der Waals surface area contributed by atoms with Gasteiger partial charge in [0.1, 0.15) is 10.7 Å². The van der Waals surface area contributed by atoms with Crippen molar-refractivity contribution in [3.63, 3.8) is 0 Å². The molecule has 144 valence electrons. The van der Waals surface area contributed by atoms with E-state index in [-0.39, 0.29) is 11.9 Å². The Hall–Kier alpha value is -3.00. The fourth-order valence-electron chi connectivity index (χ4n) is 3.57. The van der Waals surface area contributed by atoms with E-state index in [1.165, 1.54) is 11.3 Å². The molecular formula is C20H20N4O3S. The Morgan fingerprint density at radius 2 is 2.04 bits per heavy atom. The van der Waals surface area contributed by atoms with Crippen molar-refractivity contribution >= 4 is 23.2 Å². The van der Waals surface area contributed by atoms with Gasteiger partial charge in [-0.05, 0) is 31.9 Å². The number of carboxylic acids is 1. The molecule has 1 amide bonds. The molecule has 0 radical (unpaired) electrons. The lowest BCUT2D eigenvalue weighted by atomic mass is 9.90. The van der Waals surface area contributed by atoms with Gasteiger partial charge in [-0.25, -0.2) is 9.67 Å². The molecule has 1 N–H and O–H groups in total. The van der Waals surface area contributed by atoms with Crippen molar-refractivity contribution < 1.29 is 14.7 Å². The first-order valence-corrected chi connectivity index (χ1v) is 10.0. The molecule has 0 aliphatic carbocycles. The van der Waals surface area contributed by atoms with Gasteiger partial charge in [-0.15, -0.1) is 11.3 Å². The fourth-order valence-corrected chi connectivity index (χ4v) is 4.34. The second kappa shape index (κ2) is 7.55. The minimum Gasteiger partial charge on any atom is -0.481 e. The number of carbonyl (C=O) groups excluding carboxylic acids is 1. The topological polar surface area (TPSA) is 88.3 Å². The lowest BCUT2D eigenvalue weighted by Crippen LogP contribution is -2.49. The first-order chi connectivity index (χ1) is 13.5. The average Bonchev–Trinajstić information content (AvgIpc) is 3.38. The van der Waals surface area contributed by atoms with Crippen LogP contribution in [0, 0.1) is 5.92 Å². The van der Waals surface area contributed by atoms with Crippen LogP contribution >= 0.6 is 11.3 Å². The Balaban J connectivity index is 1.54. The zero-order valence-corrected chi connectivity index (χ0v) is 16.2. The Morgan fingerprint density at radius 1 is 1.25 bits per heavy atom. The Morgan fingerprint density at radius 3 is 2.79 bits per heavy atom. The average molecular weight is 396 g/mol. The fraction of sp³-hybridized carbons (Fsp3) is 0.300. The zero-order chi connectivity index (χ0) is 19.7. The number of benzene rings is 1. The molecule has 3 aromatic rings. The van der Waals surface area contributed by atoms with Gasteiger partial charge < -0.3 is 10.0 Å². The van der Waals surface area contributed by atoms with Crippen molar-refractivity contribution in [2.45, 2.75) is 25.8 Å². The van der Waals surface area contributed by atoms with E-state index in [2.05, 4.69) is 10.1 Å². The Bertz CT molecular complexity index is 998. The number of likely N-dealkylation sites (tertiary alicyclic amines) is 1. The van der Waals surface area contributed by atoms with E-state index >= 15 is 0 Å². The van der Waals surface area contributed by atoms with E-state index < -0.39 is 11.9 Å². The van der Waals surface area contributed by atoms with E-state index in [1.54, 1.807) is 28.1 Å². The first-order valence-electron chi connectivity index (χ1n) is 9.14. The maximum absolute atomic E-state index is 12.9. The largest absolute Gasteiger partial charge is 0.481 e. The summed E-state index contributed by atoms with van der Waals surface area (Å²) in [5.74, 6) is -1.59. The second-order valence-corrected chi connectivity index (χ2v) is 7.73. The molecule has 0 unspecified atom stereocenters. The molecular weight excluding hydrogens is 376 g/mol. The van der Waals surface area contributed by atoms with Gasteiger partial charge in [-0.1, -0.05) is 18.2 Å². The smallest absolute Gasteiger partial charge is 0.308 e. The SMILES string of the molecule is C[C@@H]1[C@H](C(=O)O)CCCN1C(=O)c1csc(-c2cnn(-c3ccccc3)c2)n1. The zero-order valence-electron chi connectivity index (χ0n) is 15.4. The molecule has 1 fully saturated rings. The molecule has 3 heterocycles. The highest BCUT2D eigenvalue weighted by atomic mass is 32.1. The van der Waals surface area contributed by atoms with Gasteiger partial charge in [0.05, 0.1) is 17.8 Å². The number of aromatic nitrogens is 3. The summed E-state index contributed by atoms with van der Waals surface area (Å²) in [6.07, 6.45) is 4.89. The Labute approximate surface area is 166 Å². The number of hydrogen-bond donors (Lipinski definition) is 1. The van der Waals surface area contributed by atoms with Gasteiger partial charge in [0.2, 0.25) is 0 Å². The minimum absolute atomic E-state index is 0.212. The maximum Gasteiger partial charge on any atom is 0.308 e. The van der Waals surface area contributed by atoms with Crippen LogP contribution in [-0.4, -0.2) is 49.2 Å². The van der Waals surface area contributed by atoms with Crippen LogP contribution in [0.1, 0.15) is 30.3 Å². The summed E-state index contributed by atoms with van der Waals surface area (Å²) in [5, 5.41) is 16.2. The van der Waals surface area contributed by atoms with Crippen molar-refractivity contribution in [1.29, 1.82) is 0 Å². The highest BCUT2D eigenvalue weighted by Crippen LogP contribution is 2.28. The summed E-state index contributed by atoms with van der Waals surface area (Å²) in [4.78, 5) is 30.4. The highest BCUT2D eigenvalue weighted by molar-refractivity contribution is 7.13. The normalized spacial score (nSPS) is 19.5. The van der Waals surface area contributed by atoms with E-state index in [1.807, 2.05) is 36.5 Å². The van der Waals surface area contributed by atoms with Crippen molar-refractivity contribution in [3.8, 4) is 16.3 Å². The third-order valence-electron chi connectivity index (χ3n) is 5.14. The van der Waals surface area contributed by atoms with Crippen LogP contribution in [0.3, 0.4) is 0 Å². The van der Waals surface area contributed by atoms with Crippen LogP contribution in [0.5, 0.6) is 0 Å². The summed E-state index contributed by atoms with van der Waals surface area (Å²) in [5.41, 5.74) is 2.14. The molecule has 0 spiro atoms. The van der Waals surface area contributed by atoms with Gasteiger partial charge in [-0.3, -0.25) is 9.59 Å². The molecule has 1 aromatic carbocycles. The van der Waals surface area contributed by atoms with Crippen LogP contribution in [0.15, 0.2) is 48.1 Å². The van der Waals surface area contributed by atoms with Crippen molar-refractivity contribution in [3.05, 3.63) is 53.8 Å². The van der Waals surface area contributed by atoms with E-state index in [0.29, 0.717) is 30.1 Å². The third-order valence-corrected chi connectivity index (χ3v) is 6.03. The number of nitrogens with zero attached hydrogens (tertiary/aromatic N) is 4. The minimum atomic E-state index is -0.850. The quantitative estimate of drug-likeness (QED) is 0.731. The van der Waals surface area contributed by atoms with Crippen molar-refractivity contribution in [2.75, 3.05) is 6.54 Å². The van der Waals surface area contributed by atoms with Crippen LogP contribution in [-0.2, 0) is 4.79 Å². The number of carboxylic acid groups (broad SMARTS) is 1. The van der Waals surface area contributed by atoms with Crippen LogP contribution in [0.4, 0.5) is 0 Å². The molecule has 8 heteroatoms. The van der Waals surface area contributed by atoms with Gasteiger partial charge in [0, 0.05) is 29.7 Å². The van der Waals surface area contributed by atoms with Crippen molar-refractivity contribution in [1.82, 2.24) is 19.7 Å². The maximum atomic E-state index is 12.9. The predicted octanol–water partition coefficient (Wildman–Crippen LogP) is 3.32. The summed E-state index contributed by atoms with van der Waals surface area (Å²) >= 11 is 1.38. The number of piperidine rings is 1. The molecule has 1 aliphatic heterocycles. The van der Waals surface area contributed by atoms with E-state index in [9.17, 15) is 14.7 Å². The summed E-state index contributed by atoms with van der Waals surface area (Å²) in [6.45, 7) is 2.36. The molecule has 2 aromatic heterocycles. The molecule has 4 rings (SSSR count). The molecule has 2 atom stereocenters. The van der Waals surface area contributed by atoms with Gasteiger partial charge in [-0.2, -0.15) is 5.10 Å². The molecule has 0 saturated carbocycles. The number of thiazole rings is 1. The molecule has 0 bridgehead atoms. The van der Waals surface area contributed by atoms with E-state index in [0.717, 1.165) is 11.3 Å². The summed E-state index contributed by atoms with van der Waals surface area (Å²) in [7, 11) is 0. The van der Waals surface area contributed by atoms with Crippen molar-refractivity contribution in [2.24, 2.45) is 5.92 Å². The lowest BCUT2D eigenvalue weighted by Gasteiger charge is -2.37. The number of carbonyl (C=O) groups is 2. The molecule has 7 nitrogen and oxygen atoms in total. The number of para-hydroxylation sites is 1. The van der Waals surface area contributed by atoms with Crippen LogP contribution < -0.4 is 0 Å². The monoisotopic (exact) mass is 396 g/mol. The summed E-state index contributed by atoms with van der Waals surface area (Å²) < 4.78 is 1.77. The van der Waals surface area contributed by atoms with Crippen LogP contribution in [0.25, 0.3) is 16.3 Å². The van der Waals surface area contributed by atoms with Gasteiger partial charge in [0.15, 0.2) is 0 Å². The predicted molar refractivity (Wildman–Crippen MR) is 106 cm³/mol. The van der Waals surface area contributed by atoms with Crippen LogP contribution in [0.2, 0.25) is 0 Å². The summed E-state index contributed by atoms with van der Waals surface area (Å²) in [6, 6.07) is 9.42. The lowest BCUT2D eigenvalue weighted by molar-refractivity contribution is -0.144. The van der Waals surface area contributed by atoms with Gasteiger partial charge in [0.25, 0.3) is 5.91 Å².